The highest BCUT2D eigenvalue weighted by molar-refractivity contribution is 6.31. The van der Waals surface area contributed by atoms with Crippen LogP contribution in [0.3, 0.4) is 0 Å². The molecule has 1 atom stereocenters. The van der Waals surface area contributed by atoms with Crippen LogP contribution >= 0.6 is 11.6 Å². The molecule has 7 nitrogen and oxygen atoms in total. The Hall–Kier alpha value is -2.41. The minimum Gasteiger partial charge on any atom is -0.368 e. The third kappa shape index (κ3) is 3.19. The Morgan fingerprint density at radius 2 is 2.13 bits per heavy atom. The topological polar surface area (TPSA) is 94.1 Å². The molecule has 0 unspecified atom stereocenters. The van der Waals surface area contributed by atoms with Gasteiger partial charge in [0.15, 0.2) is 5.69 Å². The first-order valence-electron chi connectivity index (χ1n) is 7.30. The molecule has 1 aliphatic rings. The average molecular weight is 334 g/mol. The number of likely N-dealkylation sites (tertiary alicyclic amines) is 1. The Bertz CT molecular complexity index is 745. The van der Waals surface area contributed by atoms with Gasteiger partial charge in [0.25, 0.3) is 5.91 Å². The van der Waals surface area contributed by atoms with Gasteiger partial charge in [0.05, 0.1) is 12.7 Å². The molecule has 2 N–H and O–H groups in total. The SMILES string of the molecule is NC(=O)[C@@H]1CCCN1C(=O)c1cn(Cc2ccccc2Cl)nn1. The van der Waals surface area contributed by atoms with Crippen molar-refractivity contribution < 1.29 is 9.59 Å². The summed E-state index contributed by atoms with van der Waals surface area (Å²) in [5, 5.41) is 8.50. The quantitative estimate of drug-likeness (QED) is 0.905. The zero-order valence-electron chi connectivity index (χ0n) is 12.4. The maximum absolute atomic E-state index is 12.5. The molecule has 8 heteroatoms. The van der Waals surface area contributed by atoms with Crippen LogP contribution in [0.1, 0.15) is 28.9 Å². The van der Waals surface area contributed by atoms with Gasteiger partial charge in [-0.1, -0.05) is 35.0 Å². The zero-order valence-corrected chi connectivity index (χ0v) is 13.1. The number of hydrogen-bond acceptors (Lipinski definition) is 4. The standard InChI is InChI=1S/C15H16ClN5O2/c16-11-5-2-1-4-10(11)8-20-9-12(18-19-20)15(23)21-7-3-6-13(21)14(17)22/h1-2,4-5,9,13H,3,6-8H2,(H2,17,22)/t13-/m0/s1. The maximum Gasteiger partial charge on any atom is 0.276 e. The molecule has 23 heavy (non-hydrogen) atoms. The van der Waals surface area contributed by atoms with Gasteiger partial charge in [-0.3, -0.25) is 9.59 Å². The highest BCUT2D eigenvalue weighted by Gasteiger charge is 2.34. The second-order valence-electron chi connectivity index (χ2n) is 5.45. The van der Waals surface area contributed by atoms with Crippen molar-refractivity contribution in [3.8, 4) is 0 Å². The van der Waals surface area contributed by atoms with Crippen LogP contribution in [0.25, 0.3) is 0 Å². The van der Waals surface area contributed by atoms with Gasteiger partial charge in [0, 0.05) is 11.6 Å². The van der Waals surface area contributed by atoms with Gasteiger partial charge in [-0.15, -0.1) is 5.10 Å². The van der Waals surface area contributed by atoms with E-state index in [2.05, 4.69) is 10.3 Å². The first kappa shape index (κ1) is 15.5. The van der Waals surface area contributed by atoms with Crippen molar-refractivity contribution in [3.63, 3.8) is 0 Å². The van der Waals surface area contributed by atoms with E-state index >= 15 is 0 Å². The van der Waals surface area contributed by atoms with E-state index in [-0.39, 0.29) is 11.6 Å². The van der Waals surface area contributed by atoms with Crippen molar-refractivity contribution in [1.82, 2.24) is 19.9 Å². The predicted molar refractivity (Wildman–Crippen MR) is 83.8 cm³/mol. The molecule has 3 rings (SSSR count). The summed E-state index contributed by atoms with van der Waals surface area (Å²) in [5.74, 6) is -0.809. The Labute approximate surface area is 138 Å². The molecule has 0 spiro atoms. The number of hydrogen-bond donors (Lipinski definition) is 1. The van der Waals surface area contributed by atoms with E-state index in [9.17, 15) is 9.59 Å². The van der Waals surface area contributed by atoms with Crippen LogP contribution in [0.4, 0.5) is 0 Å². The fourth-order valence-corrected chi connectivity index (χ4v) is 2.92. The molecular weight excluding hydrogens is 318 g/mol. The number of primary amides is 1. The van der Waals surface area contributed by atoms with Crippen LogP contribution in [0.2, 0.25) is 5.02 Å². The van der Waals surface area contributed by atoms with E-state index in [0.29, 0.717) is 24.5 Å². The largest absolute Gasteiger partial charge is 0.368 e. The van der Waals surface area contributed by atoms with Gasteiger partial charge in [0.2, 0.25) is 5.91 Å². The van der Waals surface area contributed by atoms with E-state index in [0.717, 1.165) is 12.0 Å². The van der Waals surface area contributed by atoms with Gasteiger partial charge in [-0.25, -0.2) is 4.68 Å². The summed E-state index contributed by atoms with van der Waals surface area (Å²) in [6.45, 7) is 0.920. The number of nitrogens with zero attached hydrogens (tertiary/aromatic N) is 4. The lowest BCUT2D eigenvalue weighted by Crippen LogP contribution is -2.43. The van der Waals surface area contributed by atoms with Gasteiger partial charge < -0.3 is 10.6 Å². The third-order valence-corrected chi connectivity index (χ3v) is 4.26. The summed E-state index contributed by atoms with van der Waals surface area (Å²) in [5.41, 5.74) is 6.42. The van der Waals surface area contributed by atoms with E-state index in [1.54, 1.807) is 16.9 Å². The van der Waals surface area contributed by atoms with Crippen LogP contribution in [0.5, 0.6) is 0 Å². The lowest BCUT2D eigenvalue weighted by Gasteiger charge is -2.20. The summed E-state index contributed by atoms with van der Waals surface area (Å²) in [6.07, 6.45) is 2.91. The van der Waals surface area contributed by atoms with Crippen molar-refractivity contribution in [2.75, 3.05) is 6.54 Å². The van der Waals surface area contributed by atoms with Crippen molar-refractivity contribution >= 4 is 23.4 Å². The van der Waals surface area contributed by atoms with Crippen molar-refractivity contribution in [2.24, 2.45) is 5.73 Å². The van der Waals surface area contributed by atoms with Gasteiger partial charge >= 0.3 is 0 Å². The molecule has 0 saturated carbocycles. The molecule has 1 saturated heterocycles. The second kappa shape index (κ2) is 6.37. The summed E-state index contributed by atoms with van der Waals surface area (Å²) in [4.78, 5) is 25.3. The van der Waals surface area contributed by atoms with Gasteiger partial charge in [-0.05, 0) is 24.5 Å². The van der Waals surface area contributed by atoms with Crippen LogP contribution in [-0.2, 0) is 11.3 Å². The predicted octanol–water partition coefficient (Wildman–Crippen LogP) is 1.07. The highest BCUT2D eigenvalue weighted by Crippen LogP contribution is 2.20. The number of halogens is 1. The summed E-state index contributed by atoms with van der Waals surface area (Å²) in [7, 11) is 0. The molecule has 0 radical (unpaired) electrons. The Morgan fingerprint density at radius 3 is 2.87 bits per heavy atom. The molecule has 0 aliphatic carbocycles. The number of benzene rings is 1. The van der Waals surface area contributed by atoms with Gasteiger partial charge in [-0.2, -0.15) is 0 Å². The van der Waals surface area contributed by atoms with Gasteiger partial charge in [0.1, 0.15) is 6.04 Å². The molecule has 2 amide bonds. The first-order chi connectivity index (χ1) is 11.1. The maximum atomic E-state index is 12.5. The fraction of sp³-hybridized carbons (Fsp3) is 0.333. The first-order valence-corrected chi connectivity index (χ1v) is 7.68. The van der Waals surface area contributed by atoms with Crippen molar-refractivity contribution in [2.45, 2.75) is 25.4 Å². The lowest BCUT2D eigenvalue weighted by atomic mass is 10.2. The Balaban J connectivity index is 1.75. The summed E-state index contributed by atoms with van der Waals surface area (Å²) < 4.78 is 1.55. The Kier molecular flexibility index (Phi) is 4.29. The molecule has 0 bridgehead atoms. The lowest BCUT2D eigenvalue weighted by molar-refractivity contribution is -0.121. The van der Waals surface area contributed by atoms with Crippen LogP contribution in [-0.4, -0.2) is 44.3 Å². The van der Waals surface area contributed by atoms with Crippen LogP contribution < -0.4 is 5.73 Å². The number of nitrogens with two attached hydrogens (primary N) is 1. The molecular formula is C15H16ClN5O2. The van der Waals surface area contributed by atoms with Crippen LogP contribution in [0.15, 0.2) is 30.5 Å². The molecule has 1 fully saturated rings. The minimum absolute atomic E-state index is 0.199. The van der Waals surface area contributed by atoms with E-state index < -0.39 is 11.9 Å². The Morgan fingerprint density at radius 1 is 1.35 bits per heavy atom. The minimum atomic E-state index is -0.559. The smallest absolute Gasteiger partial charge is 0.276 e. The molecule has 120 valence electrons. The fourth-order valence-electron chi connectivity index (χ4n) is 2.73. The van der Waals surface area contributed by atoms with Crippen LogP contribution in [0, 0.1) is 0 Å². The third-order valence-electron chi connectivity index (χ3n) is 3.89. The van der Waals surface area contributed by atoms with Crippen molar-refractivity contribution in [3.05, 3.63) is 46.7 Å². The van der Waals surface area contributed by atoms with Crippen molar-refractivity contribution in [1.29, 1.82) is 0 Å². The number of aromatic nitrogens is 3. The molecule has 2 aromatic rings. The van der Waals surface area contributed by atoms with E-state index in [4.69, 9.17) is 17.3 Å². The number of amides is 2. The number of carbonyl (C=O) groups is 2. The molecule has 1 aromatic heterocycles. The monoisotopic (exact) mass is 333 g/mol. The molecule has 1 aliphatic heterocycles. The number of rotatable bonds is 4. The molecule has 2 heterocycles. The second-order valence-corrected chi connectivity index (χ2v) is 5.86. The van der Waals surface area contributed by atoms with E-state index in [1.165, 1.54) is 4.90 Å². The van der Waals surface area contributed by atoms with E-state index in [1.807, 2.05) is 18.2 Å². The normalized spacial score (nSPS) is 17.4. The summed E-state index contributed by atoms with van der Waals surface area (Å²) >= 11 is 6.11. The average Bonchev–Trinajstić information content (AvgIpc) is 3.18. The summed E-state index contributed by atoms with van der Waals surface area (Å²) in [6, 6.07) is 6.85. The zero-order chi connectivity index (χ0) is 16.4. The number of carbonyl (C=O) groups excluding carboxylic acids is 2. The highest BCUT2D eigenvalue weighted by atomic mass is 35.5. The molecule has 1 aromatic carbocycles.